The number of carbonyl (C=O) groups is 1. The third-order valence-corrected chi connectivity index (χ3v) is 7.15. The minimum Gasteiger partial charge on any atom is -0.470 e. The van der Waals surface area contributed by atoms with E-state index >= 15 is 0 Å². The maximum absolute atomic E-state index is 12.8. The Balaban J connectivity index is 1.21. The number of nitrogens with zero attached hydrogens (tertiary/aromatic N) is 2. The maximum Gasteiger partial charge on any atom is 0.272 e. The maximum atomic E-state index is 12.8. The predicted octanol–water partition coefficient (Wildman–Crippen LogP) is 4.44. The lowest BCUT2D eigenvalue weighted by Gasteiger charge is -2.54. The number of ether oxygens (including phenoxy) is 1. The van der Waals surface area contributed by atoms with Gasteiger partial charge in [-0.2, -0.15) is 5.10 Å². The molecule has 1 heterocycles. The number of aryl methyl sites for hydroxylation is 1. The first-order valence-electron chi connectivity index (χ1n) is 10.3. The lowest BCUT2D eigenvalue weighted by molar-refractivity contribution is -0.0120. The van der Waals surface area contributed by atoms with Gasteiger partial charge in [0, 0.05) is 12.2 Å². The van der Waals surface area contributed by atoms with Crippen LogP contribution in [0.5, 0.6) is 5.75 Å². The van der Waals surface area contributed by atoms with Crippen LogP contribution in [0.3, 0.4) is 0 Å². The smallest absolute Gasteiger partial charge is 0.272 e. The number of hydrogen-bond donors (Lipinski definition) is 1. The monoisotopic (exact) mass is 399 g/mol. The Morgan fingerprint density at radius 3 is 2.61 bits per heavy atom. The number of rotatable bonds is 5. The van der Waals surface area contributed by atoms with Crippen LogP contribution in [0.2, 0.25) is 5.02 Å². The minimum atomic E-state index is -0.0650. The van der Waals surface area contributed by atoms with Crippen molar-refractivity contribution >= 4 is 17.5 Å². The Morgan fingerprint density at radius 2 is 1.89 bits per heavy atom. The number of aromatic nitrogens is 2. The predicted molar refractivity (Wildman–Crippen MR) is 107 cm³/mol. The van der Waals surface area contributed by atoms with Crippen LogP contribution in [0.4, 0.5) is 0 Å². The summed E-state index contributed by atoms with van der Waals surface area (Å²) in [6.45, 7) is 2.21. The Hall–Kier alpha value is -2.01. The normalized spacial score (nSPS) is 30.4. The fraction of sp³-hybridized carbons (Fsp3) is 0.545. The molecule has 5 nitrogen and oxygen atoms in total. The number of benzene rings is 1. The molecule has 1 aromatic heterocycles. The molecule has 148 valence electrons. The molecular formula is C22H26ClN3O2. The molecule has 0 atom stereocenters. The molecule has 0 spiro atoms. The highest BCUT2D eigenvalue weighted by atomic mass is 35.5. The molecule has 1 aromatic carbocycles. The zero-order chi connectivity index (χ0) is 19.3. The van der Waals surface area contributed by atoms with Gasteiger partial charge in [0.1, 0.15) is 11.4 Å². The average Bonchev–Trinajstić information content (AvgIpc) is 3.14. The van der Waals surface area contributed by atoms with Crippen molar-refractivity contribution in [3.8, 4) is 5.75 Å². The third-order valence-electron chi connectivity index (χ3n) is 6.84. The molecule has 4 fully saturated rings. The van der Waals surface area contributed by atoms with Crippen LogP contribution in [0.1, 0.15) is 48.2 Å². The lowest BCUT2D eigenvalue weighted by atomic mass is 9.54. The number of hydrogen-bond acceptors (Lipinski definition) is 3. The van der Waals surface area contributed by atoms with Gasteiger partial charge in [0.2, 0.25) is 0 Å². The molecular weight excluding hydrogens is 374 g/mol. The van der Waals surface area contributed by atoms with Gasteiger partial charge in [0.25, 0.3) is 5.91 Å². The van der Waals surface area contributed by atoms with Gasteiger partial charge in [0.05, 0.1) is 5.02 Å². The highest BCUT2D eigenvalue weighted by molar-refractivity contribution is 6.32. The van der Waals surface area contributed by atoms with Gasteiger partial charge in [-0.3, -0.25) is 4.79 Å². The average molecular weight is 400 g/mol. The van der Waals surface area contributed by atoms with E-state index in [-0.39, 0.29) is 12.6 Å². The molecule has 4 aliphatic carbocycles. The molecule has 1 amide bonds. The minimum absolute atomic E-state index is 0.0650. The number of halogens is 1. The van der Waals surface area contributed by atoms with Crippen molar-refractivity contribution in [2.45, 2.75) is 51.8 Å². The van der Waals surface area contributed by atoms with Crippen molar-refractivity contribution < 1.29 is 9.53 Å². The standard InChI is InChI=1S/C22H26ClN3O2/c1-13-2-3-18(23)20(6-13)28-12-26-5-4-19(25-26)22(27)24-21-16-8-14-7-15(10-16)11-17(21)9-14/h2-6,14-17,21H,7-12H2,1H3,(H,24,27). The summed E-state index contributed by atoms with van der Waals surface area (Å²) in [7, 11) is 0. The van der Waals surface area contributed by atoms with E-state index in [0.29, 0.717) is 34.3 Å². The topological polar surface area (TPSA) is 56.1 Å². The first kappa shape index (κ1) is 18.0. The van der Waals surface area contributed by atoms with Crippen LogP contribution < -0.4 is 10.1 Å². The summed E-state index contributed by atoms with van der Waals surface area (Å²) in [5.74, 6) is 3.69. The number of carbonyl (C=O) groups excluding carboxylic acids is 1. The first-order valence-corrected chi connectivity index (χ1v) is 10.7. The molecule has 28 heavy (non-hydrogen) atoms. The van der Waals surface area contributed by atoms with E-state index in [1.165, 1.54) is 32.1 Å². The summed E-state index contributed by atoms with van der Waals surface area (Å²) in [6.07, 6.45) is 8.35. The van der Waals surface area contributed by atoms with Crippen LogP contribution in [0.15, 0.2) is 30.5 Å². The third kappa shape index (κ3) is 3.41. The van der Waals surface area contributed by atoms with Gasteiger partial charge in [0.15, 0.2) is 6.73 Å². The summed E-state index contributed by atoms with van der Waals surface area (Å²) in [5, 5.41) is 8.27. The van der Waals surface area contributed by atoms with E-state index < -0.39 is 0 Å². The second kappa shape index (κ2) is 7.11. The molecule has 4 bridgehead atoms. The molecule has 0 saturated heterocycles. The summed E-state index contributed by atoms with van der Waals surface area (Å²) in [4.78, 5) is 12.8. The molecule has 1 N–H and O–H groups in total. The molecule has 6 rings (SSSR count). The Bertz CT molecular complexity index is 866. The van der Waals surface area contributed by atoms with Crippen molar-refractivity contribution in [3.63, 3.8) is 0 Å². The van der Waals surface area contributed by atoms with Crippen molar-refractivity contribution in [2.24, 2.45) is 23.7 Å². The van der Waals surface area contributed by atoms with Crippen LogP contribution in [0.25, 0.3) is 0 Å². The van der Waals surface area contributed by atoms with Crippen molar-refractivity contribution in [1.29, 1.82) is 0 Å². The summed E-state index contributed by atoms with van der Waals surface area (Å²) in [5.41, 5.74) is 1.53. The van der Waals surface area contributed by atoms with E-state index in [0.717, 1.165) is 17.4 Å². The molecule has 0 radical (unpaired) electrons. The van der Waals surface area contributed by atoms with Crippen molar-refractivity contribution in [1.82, 2.24) is 15.1 Å². The van der Waals surface area contributed by atoms with Gasteiger partial charge in [-0.25, -0.2) is 4.68 Å². The van der Waals surface area contributed by atoms with Gasteiger partial charge in [-0.15, -0.1) is 0 Å². The fourth-order valence-corrected chi connectivity index (χ4v) is 5.97. The van der Waals surface area contributed by atoms with E-state index in [1.54, 1.807) is 16.9 Å². The van der Waals surface area contributed by atoms with E-state index in [4.69, 9.17) is 16.3 Å². The molecule has 0 unspecified atom stereocenters. The molecule has 2 aromatic rings. The number of nitrogens with one attached hydrogen (secondary N) is 1. The van der Waals surface area contributed by atoms with Gasteiger partial charge < -0.3 is 10.1 Å². The quantitative estimate of drug-likeness (QED) is 0.808. The number of amides is 1. The second-order valence-corrected chi connectivity index (χ2v) is 9.28. The van der Waals surface area contributed by atoms with Crippen LogP contribution in [-0.2, 0) is 6.73 Å². The largest absolute Gasteiger partial charge is 0.470 e. The van der Waals surface area contributed by atoms with Gasteiger partial charge in [-0.1, -0.05) is 17.7 Å². The van der Waals surface area contributed by atoms with Crippen molar-refractivity contribution in [3.05, 3.63) is 46.7 Å². The van der Waals surface area contributed by atoms with Crippen LogP contribution in [0, 0.1) is 30.6 Å². The van der Waals surface area contributed by atoms with E-state index in [2.05, 4.69) is 10.4 Å². The Labute approximate surface area is 170 Å². The van der Waals surface area contributed by atoms with E-state index in [1.807, 2.05) is 25.1 Å². The molecule has 4 saturated carbocycles. The van der Waals surface area contributed by atoms with Crippen LogP contribution in [-0.4, -0.2) is 21.7 Å². The van der Waals surface area contributed by atoms with Crippen molar-refractivity contribution in [2.75, 3.05) is 0 Å². The SMILES string of the molecule is Cc1ccc(Cl)c(OCn2ccc(C(=O)NC3C4CC5CC(C4)CC3C5)n2)c1. The summed E-state index contributed by atoms with van der Waals surface area (Å²) < 4.78 is 7.39. The molecule has 6 heteroatoms. The van der Waals surface area contributed by atoms with Gasteiger partial charge >= 0.3 is 0 Å². The second-order valence-electron chi connectivity index (χ2n) is 8.88. The molecule has 4 aliphatic rings. The zero-order valence-corrected chi connectivity index (χ0v) is 16.9. The highest BCUT2D eigenvalue weighted by Gasteiger charge is 2.48. The fourth-order valence-electron chi connectivity index (χ4n) is 5.80. The summed E-state index contributed by atoms with van der Waals surface area (Å²) >= 11 is 6.17. The molecule has 0 aliphatic heterocycles. The van der Waals surface area contributed by atoms with Crippen LogP contribution >= 0.6 is 11.6 Å². The first-order chi connectivity index (χ1) is 13.5. The zero-order valence-electron chi connectivity index (χ0n) is 16.1. The Kier molecular flexibility index (Phi) is 4.58. The Morgan fingerprint density at radius 1 is 1.18 bits per heavy atom. The highest BCUT2D eigenvalue weighted by Crippen LogP contribution is 2.53. The summed E-state index contributed by atoms with van der Waals surface area (Å²) in [6, 6.07) is 7.74. The van der Waals surface area contributed by atoms with Gasteiger partial charge in [-0.05, 0) is 86.5 Å². The lowest BCUT2D eigenvalue weighted by Crippen LogP contribution is -2.55. The van der Waals surface area contributed by atoms with E-state index in [9.17, 15) is 4.79 Å².